The largest absolute Gasteiger partial charge is 0.375 e. The van der Waals surface area contributed by atoms with Gasteiger partial charge in [0.15, 0.2) is 0 Å². The number of benzene rings is 2. The first-order valence-electron chi connectivity index (χ1n) is 8.12. The summed E-state index contributed by atoms with van der Waals surface area (Å²) in [5.74, 6) is -0.988. The molecule has 1 N–H and O–H groups in total. The number of rotatable bonds is 2. The summed E-state index contributed by atoms with van der Waals surface area (Å²) in [6.07, 6.45) is -0.570. The molecule has 128 valence electrons. The van der Waals surface area contributed by atoms with Crippen LogP contribution in [0.5, 0.6) is 0 Å². The number of nitrogens with zero attached hydrogens (tertiary/aromatic N) is 1. The molecule has 0 aliphatic carbocycles. The average molecular weight is 342 g/mol. The Hall–Kier alpha value is -2.49. The molecule has 4 nitrogen and oxygen atoms in total. The fourth-order valence-electron chi connectivity index (χ4n) is 3.52. The third-order valence-corrected chi connectivity index (χ3v) is 4.63. The van der Waals surface area contributed by atoms with Gasteiger partial charge in [0.2, 0.25) is 0 Å². The first-order valence-corrected chi connectivity index (χ1v) is 8.12. The Balaban J connectivity index is 1.78. The number of fused-ring (bicyclic) bond motifs is 3. The molecule has 2 heterocycles. The number of anilines is 1. The van der Waals surface area contributed by atoms with Gasteiger partial charge in [-0.15, -0.1) is 0 Å². The van der Waals surface area contributed by atoms with Crippen molar-refractivity contribution in [3.8, 4) is 6.07 Å². The molecule has 0 saturated carbocycles. The van der Waals surface area contributed by atoms with E-state index in [0.717, 1.165) is 28.9 Å². The Morgan fingerprint density at radius 2 is 1.92 bits per heavy atom. The molecule has 2 aromatic carbocycles. The third-order valence-electron chi connectivity index (χ3n) is 4.63. The zero-order valence-corrected chi connectivity index (χ0v) is 13.3. The lowest BCUT2D eigenvalue weighted by Gasteiger charge is -2.43. The molecule has 2 aromatic rings. The summed E-state index contributed by atoms with van der Waals surface area (Å²) >= 11 is 0. The molecular formula is C19H16F2N2O2. The van der Waals surface area contributed by atoms with E-state index in [-0.39, 0.29) is 5.56 Å². The molecule has 2 aliphatic rings. The van der Waals surface area contributed by atoms with Gasteiger partial charge >= 0.3 is 0 Å². The first-order chi connectivity index (χ1) is 12.2. The molecule has 0 radical (unpaired) electrons. The smallest absolute Gasteiger partial charge is 0.128 e. The Morgan fingerprint density at radius 3 is 2.76 bits per heavy atom. The van der Waals surface area contributed by atoms with Crippen molar-refractivity contribution in [3.63, 3.8) is 0 Å². The van der Waals surface area contributed by atoms with Gasteiger partial charge < -0.3 is 14.8 Å². The van der Waals surface area contributed by atoms with E-state index in [1.54, 1.807) is 0 Å². The molecule has 25 heavy (non-hydrogen) atoms. The van der Waals surface area contributed by atoms with Gasteiger partial charge in [-0.2, -0.15) is 5.26 Å². The number of nitrogens with one attached hydrogen (secondary N) is 1. The Bertz CT molecular complexity index is 850. The van der Waals surface area contributed by atoms with Crippen molar-refractivity contribution < 1.29 is 18.3 Å². The zero-order valence-electron chi connectivity index (χ0n) is 13.3. The van der Waals surface area contributed by atoms with E-state index in [1.807, 2.05) is 18.2 Å². The Kier molecular flexibility index (Phi) is 4.12. The van der Waals surface area contributed by atoms with Crippen molar-refractivity contribution in [1.82, 2.24) is 0 Å². The highest BCUT2D eigenvalue weighted by molar-refractivity contribution is 5.59. The van der Waals surface area contributed by atoms with Crippen molar-refractivity contribution in [2.45, 2.75) is 24.7 Å². The number of halogens is 2. The average Bonchev–Trinajstić information content (AvgIpc) is 2.63. The van der Waals surface area contributed by atoms with E-state index in [1.165, 1.54) is 6.07 Å². The minimum atomic E-state index is -0.560. The topological polar surface area (TPSA) is 54.3 Å². The van der Waals surface area contributed by atoms with Gasteiger partial charge in [-0.25, -0.2) is 8.78 Å². The summed E-state index contributed by atoms with van der Waals surface area (Å²) in [6, 6.07) is 10.6. The Labute approximate surface area is 144 Å². The third kappa shape index (κ3) is 2.86. The van der Waals surface area contributed by atoms with Crippen LogP contribution in [0.4, 0.5) is 14.5 Å². The second kappa shape index (κ2) is 6.43. The zero-order chi connectivity index (χ0) is 17.4. The monoisotopic (exact) mass is 342 g/mol. The standard InChI is InChI=1S/C19H16F2N2O2/c20-12-2-3-15(21)13(10-12)17-19-18(24-7-8-25-19)14-9-11(5-6-22)1-4-16(14)23-17/h1-4,9-10,17-19,23H,5,7-8H2. The van der Waals surface area contributed by atoms with Crippen molar-refractivity contribution in [3.05, 3.63) is 64.7 Å². The fraction of sp³-hybridized carbons (Fsp3) is 0.316. The van der Waals surface area contributed by atoms with E-state index >= 15 is 0 Å². The lowest BCUT2D eigenvalue weighted by atomic mass is 9.86. The molecular weight excluding hydrogens is 326 g/mol. The lowest BCUT2D eigenvalue weighted by Crippen LogP contribution is -2.43. The van der Waals surface area contributed by atoms with Crippen LogP contribution in [0, 0.1) is 23.0 Å². The molecule has 3 unspecified atom stereocenters. The number of hydrogen-bond acceptors (Lipinski definition) is 4. The number of ether oxygens (including phenoxy) is 2. The summed E-state index contributed by atoms with van der Waals surface area (Å²) in [5.41, 5.74) is 2.76. The van der Waals surface area contributed by atoms with E-state index in [4.69, 9.17) is 14.7 Å². The van der Waals surface area contributed by atoms with Gasteiger partial charge in [0.25, 0.3) is 0 Å². The number of hydrogen-bond donors (Lipinski definition) is 1. The lowest BCUT2D eigenvalue weighted by molar-refractivity contribution is -0.151. The molecule has 4 rings (SSSR count). The van der Waals surface area contributed by atoms with E-state index in [0.29, 0.717) is 19.6 Å². The summed E-state index contributed by atoms with van der Waals surface area (Å²) in [5, 5.41) is 12.2. The highest BCUT2D eigenvalue weighted by Crippen LogP contribution is 2.45. The van der Waals surface area contributed by atoms with Crippen molar-refractivity contribution >= 4 is 5.69 Å². The highest BCUT2D eigenvalue weighted by Gasteiger charge is 2.42. The number of nitriles is 1. The van der Waals surface area contributed by atoms with Gasteiger partial charge in [0.05, 0.1) is 31.7 Å². The van der Waals surface area contributed by atoms with Crippen LogP contribution in [0.15, 0.2) is 36.4 Å². The molecule has 1 saturated heterocycles. The molecule has 3 atom stereocenters. The van der Waals surface area contributed by atoms with Crippen LogP contribution < -0.4 is 5.32 Å². The fourth-order valence-corrected chi connectivity index (χ4v) is 3.52. The van der Waals surface area contributed by atoms with Crippen molar-refractivity contribution in [1.29, 1.82) is 5.26 Å². The molecule has 0 spiro atoms. The van der Waals surface area contributed by atoms with Gasteiger partial charge in [0, 0.05) is 16.8 Å². The summed E-state index contributed by atoms with van der Waals surface area (Å²) in [7, 11) is 0. The highest BCUT2D eigenvalue weighted by atomic mass is 19.1. The van der Waals surface area contributed by atoms with Gasteiger partial charge in [-0.3, -0.25) is 0 Å². The van der Waals surface area contributed by atoms with Gasteiger partial charge in [0.1, 0.15) is 23.8 Å². The van der Waals surface area contributed by atoms with Crippen molar-refractivity contribution in [2.24, 2.45) is 0 Å². The van der Waals surface area contributed by atoms with E-state index in [2.05, 4.69) is 11.4 Å². The van der Waals surface area contributed by atoms with Gasteiger partial charge in [-0.05, 0) is 35.9 Å². The van der Waals surface area contributed by atoms with E-state index < -0.39 is 29.9 Å². The SMILES string of the molecule is N#CCc1ccc2c(c1)C1OCCOC1C(c1cc(F)ccc1F)N2. The van der Waals surface area contributed by atoms with Crippen LogP contribution in [-0.2, 0) is 15.9 Å². The van der Waals surface area contributed by atoms with Crippen LogP contribution in [0.2, 0.25) is 0 Å². The summed E-state index contributed by atoms with van der Waals surface area (Å²) < 4.78 is 39.7. The Morgan fingerprint density at radius 1 is 1.08 bits per heavy atom. The second-order valence-electron chi connectivity index (χ2n) is 6.17. The normalized spacial score (nSPS) is 24.6. The van der Waals surface area contributed by atoms with Crippen LogP contribution >= 0.6 is 0 Å². The predicted molar refractivity (Wildman–Crippen MR) is 86.9 cm³/mol. The summed E-state index contributed by atoms with van der Waals surface area (Å²) in [6.45, 7) is 0.824. The molecule has 0 aromatic heterocycles. The molecule has 1 fully saturated rings. The molecule has 2 aliphatic heterocycles. The summed E-state index contributed by atoms with van der Waals surface area (Å²) in [4.78, 5) is 0. The van der Waals surface area contributed by atoms with Gasteiger partial charge in [-0.1, -0.05) is 6.07 Å². The van der Waals surface area contributed by atoms with Crippen molar-refractivity contribution in [2.75, 3.05) is 18.5 Å². The maximum atomic E-state index is 14.3. The van der Waals surface area contributed by atoms with Crippen LogP contribution in [0.25, 0.3) is 0 Å². The van der Waals surface area contributed by atoms with Crippen LogP contribution in [0.1, 0.15) is 28.8 Å². The molecule has 0 bridgehead atoms. The minimum absolute atomic E-state index is 0.215. The van der Waals surface area contributed by atoms with E-state index in [9.17, 15) is 8.78 Å². The first kappa shape index (κ1) is 16.0. The predicted octanol–water partition coefficient (Wildman–Crippen LogP) is 3.65. The quantitative estimate of drug-likeness (QED) is 0.905. The maximum absolute atomic E-state index is 14.3. The molecule has 6 heteroatoms. The maximum Gasteiger partial charge on any atom is 0.128 e. The van der Waals surface area contributed by atoms with Crippen LogP contribution in [-0.4, -0.2) is 19.3 Å². The minimum Gasteiger partial charge on any atom is -0.375 e. The molecule has 0 amide bonds. The van der Waals surface area contributed by atoms with Crippen LogP contribution in [0.3, 0.4) is 0 Å². The second-order valence-corrected chi connectivity index (χ2v) is 6.17.